The highest BCUT2D eigenvalue weighted by Crippen LogP contribution is 2.17. The average Bonchev–Trinajstić information content (AvgIpc) is 2.68. The number of esters is 2. The van der Waals surface area contributed by atoms with Crippen LogP contribution in [0.15, 0.2) is 12.2 Å². The lowest BCUT2D eigenvalue weighted by Gasteiger charge is -2.40. The molecule has 0 atom stereocenters. The Kier molecular flexibility index (Phi) is 12.5. The summed E-state index contributed by atoms with van der Waals surface area (Å²) in [5, 5.41) is 5.50. The van der Waals surface area contributed by atoms with Crippen molar-refractivity contribution in [3.8, 4) is 0 Å². The fraction of sp³-hybridized carbons (Fsp3) is 0.739. The topological polar surface area (TPSA) is 117 Å². The van der Waals surface area contributed by atoms with E-state index in [1.807, 2.05) is 41.5 Å². The molecule has 0 aliphatic heterocycles. The Morgan fingerprint density at radius 1 is 0.788 bits per heavy atom. The number of nitrogens with zero attached hydrogens (tertiary/aromatic N) is 2. The lowest BCUT2D eigenvalue weighted by molar-refractivity contribution is -0.143. The van der Waals surface area contributed by atoms with Gasteiger partial charge >= 0.3 is 24.0 Å². The molecule has 0 aliphatic carbocycles. The van der Waals surface area contributed by atoms with Crippen LogP contribution < -0.4 is 10.6 Å². The van der Waals surface area contributed by atoms with Crippen LogP contribution in [0.4, 0.5) is 9.59 Å². The third kappa shape index (κ3) is 12.1. The third-order valence-corrected chi connectivity index (χ3v) is 4.55. The summed E-state index contributed by atoms with van der Waals surface area (Å²) in [5.41, 5.74) is -0.713. The second-order valence-corrected chi connectivity index (χ2v) is 9.60. The van der Waals surface area contributed by atoms with Crippen molar-refractivity contribution in [3.05, 3.63) is 12.2 Å². The SMILES string of the molecule is C=C(C)C(=O)OCCNC(=O)N(CCN(C(=O)NCCOC(=O)CC)C(C)(C)C)C(C)(C)C. The van der Waals surface area contributed by atoms with Crippen molar-refractivity contribution >= 4 is 24.0 Å². The zero-order valence-electron chi connectivity index (χ0n) is 21.5. The second kappa shape index (κ2) is 13.7. The van der Waals surface area contributed by atoms with Crippen molar-refractivity contribution in [2.75, 3.05) is 39.4 Å². The number of nitrogens with one attached hydrogen (secondary N) is 2. The summed E-state index contributed by atoms with van der Waals surface area (Å²) in [6.45, 7) is 19.2. The molecule has 0 aromatic rings. The molecule has 0 aliphatic rings. The van der Waals surface area contributed by atoms with Gasteiger partial charge in [-0.15, -0.1) is 0 Å². The molecule has 0 saturated heterocycles. The quantitative estimate of drug-likeness (QED) is 0.272. The summed E-state index contributed by atoms with van der Waals surface area (Å²) in [7, 11) is 0. The molecular weight excluding hydrogens is 428 g/mol. The lowest BCUT2D eigenvalue weighted by Crippen LogP contribution is -2.57. The van der Waals surface area contributed by atoms with E-state index in [1.165, 1.54) is 0 Å². The highest BCUT2D eigenvalue weighted by Gasteiger charge is 2.31. The molecule has 0 aromatic carbocycles. The summed E-state index contributed by atoms with van der Waals surface area (Å²) < 4.78 is 9.98. The van der Waals surface area contributed by atoms with Crippen LogP contribution in [0.1, 0.15) is 61.8 Å². The lowest BCUT2D eigenvalue weighted by atomic mass is 10.0. The smallest absolute Gasteiger partial charge is 0.333 e. The van der Waals surface area contributed by atoms with Gasteiger partial charge in [-0.05, 0) is 48.5 Å². The van der Waals surface area contributed by atoms with Crippen molar-refractivity contribution in [1.29, 1.82) is 0 Å². The highest BCUT2D eigenvalue weighted by atomic mass is 16.5. The number of hydrogen-bond acceptors (Lipinski definition) is 6. The second-order valence-electron chi connectivity index (χ2n) is 9.60. The molecule has 0 fully saturated rings. The summed E-state index contributed by atoms with van der Waals surface area (Å²) in [6, 6.07) is -0.634. The number of hydrogen-bond donors (Lipinski definition) is 2. The van der Waals surface area contributed by atoms with E-state index in [-0.39, 0.29) is 57.3 Å². The van der Waals surface area contributed by atoms with Gasteiger partial charge in [0.15, 0.2) is 0 Å². The van der Waals surface area contributed by atoms with Crippen LogP contribution in [0.5, 0.6) is 0 Å². The summed E-state index contributed by atoms with van der Waals surface area (Å²) in [5.74, 6) is -0.827. The van der Waals surface area contributed by atoms with Gasteiger partial charge in [0.05, 0.1) is 13.1 Å². The van der Waals surface area contributed by atoms with Crippen LogP contribution in [0.2, 0.25) is 0 Å². The first-order chi connectivity index (χ1) is 15.1. The molecule has 0 bridgehead atoms. The number of ether oxygens (including phenoxy) is 2. The Bertz CT molecular complexity index is 694. The van der Waals surface area contributed by atoms with Crippen molar-refractivity contribution in [2.24, 2.45) is 0 Å². The number of amides is 4. The Morgan fingerprint density at radius 2 is 1.18 bits per heavy atom. The number of carbonyl (C=O) groups is 4. The maximum atomic E-state index is 12.8. The first-order valence-electron chi connectivity index (χ1n) is 11.2. The molecule has 10 heteroatoms. The van der Waals surface area contributed by atoms with E-state index in [0.717, 1.165) is 0 Å². The maximum Gasteiger partial charge on any atom is 0.333 e. The predicted octanol–water partition coefficient (Wildman–Crippen LogP) is 2.68. The van der Waals surface area contributed by atoms with Crippen LogP contribution in [0.25, 0.3) is 0 Å². The van der Waals surface area contributed by atoms with Crippen LogP contribution >= 0.6 is 0 Å². The Hall–Kier alpha value is -2.78. The van der Waals surface area contributed by atoms with E-state index in [4.69, 9.17) is 9.47 Å². The molecular formula is C23H42N4O6. The zero-order chi connectivity index (χ0) is 25.8. The minimum absolute atomic E-state index is 0.0363. The molecule has 33 heavy (non-hydrogen) atoms. The summed E-state index contributed by atoms with van der Waals surface area (Å²) >= 11 is 0. The van der Waals surface area contributed by atoms with Gasteiger partial charge in [0.25, 0.3) is 0 Å². The normalized spacial score (nSPS) is 11.3. The van der Waals surface area contributed by atoms with Gasteiger partial charge in [0.2, 0.25) is 0 Å². The Balaban J connectivity index is 4.96. The number of rotatable bonds is 11. The summed E-state index contributed by atoms with van der Waals surface area (Å²) in [4.78, 5) is 51.5. The number of urea groups is 2. The molecule has 0 spiro atoms. The van der Waals surface area contributed by atoms with Gasteiger partial charge in [0.1, 0.15) is 13.2 Å². The fourth-order valence-corrected chi connectivity index (χ4v) is 2.72. The molecule has 0 unspecified atom stereocenters. The van der Waals surface area contributed by atoms with Crippen molar-refractivity contribution < 1.29 is 28.7 Å². The first-order valence-corrected chi connectivity index (χ1v) is 11.2. The molecule has 0 radical (unpaired) electrons. The molecule has 0 saturated carbocycles. The number of carbonyl (C=O) groups excluding carboxylic acids is 4. The Morgan fingerprint density at radius 3 is 1.52 bits per heavy atom. The van der Waals surface area contributed by atoms with Gasteiger partial charge in [-0.3, -0.25) is 4.79 Å². The van der Waals surface area contributed by atoms with Crippen molar-refractivity contribution in [2.45, 2.75) is 72.9 Å². The van der Waals surface area contributed by atoms with E-state index in [2.05, 4.69) is 17.2 Å². The molecule has 0 rings (SSSR count). The highest BCUT2D eigenvalue weighted by molar-refractivity contribution is 5.87. The molecule has 0 aromatic heterocycles. The predicted molar refractivity (Wildman–Crippen MR) is 127 cm³/mol. The standard InChI is InChI=1S/C23H42N4O6/c1-10-18(28)32-15-11-24-20(30)26(22(4,5)6)13-14-27(23(7,8)9)21(31)25-12-16-33-19(29)17(2)3/h2,10-16H2,1,3-9H3,(H,24,30)(H,25,31). The summed E-state index contributed by atoms with van der Waals surface area (Å²) in [6.07, 6.45) is 0.281. The van der Waals surface area contributed by atoms with E-state index >= 15 is 0 Å². The van der Waals surface area contributed by atoms with Gasteiger partial charge < -0.3 is 29.9 Å². The minimum Gasteiger partial charge on any atom is -0.464 e. The van der Waals surface area contributed by atoms with E-state index in [0.29, 0.717) is 12.1 Å². The van der Waals surface area contributed by atoms with Gasteiger partial charge in [-0.1, -0.05) is 13.5 Å². The fourth-order valence-electron chi connectivity index (χ4n) is 2.72. The minimum atomic E-state index is -0.507. The molecule has 10 nitrogen and oxygen atoms in total. The van der Waals surface area contributed by atoms with Gasteiger partial charge in [0, 0.05) is 36.2 Å². The monoisotopic (exact) mass is 470 g/mol. The van der Waals surface area contributed by atoms with Crippen LogP contribution in [-0.2, 0) is 19.1 Å². The molecule has 4 amide bonds. The maximum absolute atomic E-state index is 12.8. The molecule has 2 N–H and O–H groups in total. The van der Waals surface area contributed by atoms with E-state index < -0.39 is 17.0 Å². The molecule has 190 valence electrons. The van der Waals surface area contributed by atoms with Crippen LogP contribution in [0, 0.1) is 0 Å². The van der Waals surface area contributed by atoms with Gasteiger partial charge in [-0.25, -0.2) is 14.4 Å². The van der Waals surface area contributed by atoms with Crippen LogP contribution in [-0.4, -0.2) is 84.3 Å². The van der Waals surface area contributed by atoms with Crippen molar-refractivity contribution in [3.63, 3.8) is 0 Å². The molecule has 0 heterocycles. The average molecular weight is 471 g/mol. The first kappa shape index (κ1) is 30.2. The largest absolute Gasteiger partial charge is 0.464 e. The van der Waals surface area contributed by atoms with E-state index in [9.17, 15) is 19.2 Å². The Labute approximate surface area is 198 Å². The zero-order valence-corrected chi connectivity index (χ0v) is 21.5. The van der Waals surface area contributed by atoms with Gasteiger partial charge in [-0.2, -0.15) is 0 Å². The van der Waals surface area contributed by atoms with Crippen molar-refractivity contribution in [1.82, 2.24) is 20.4 Å². The van der Waals surface area contributed by atoms with E-state index in [1.54, 1.807) is 23.6 Å². The van der Waals surface area contributed by atoms with Crippen LogP contribution in [0.3, 0.4) is 0 Å². The third-order valence-electron chi connectivity index (χ3n) is 4.55.